The fourth-order valence-corrected chi connectivity index (χ4v) is 3.34. The standard InChI is InChI=1S/C22H22N6O2/c1-14-21(15(2)27(3)26-14)25-20(29)12-23-22(30)16-8-10-17(11-9-16)28-13-24-18-6-4-5-7-19(18)28/h4-11,13H,12H2,1-3H3,(H,23,30)(H,25,29). The van der Waals surface area contributed by atoms with Crippen molar-refractivity contribution in [2.75, 3.05) is 11.9 Å². The van der Waals surface area contributed by atoms with Crippen molar-refractivity contribution in [3.63, 3.8) is 0 Å². The number of nitrogens with one attached hydrogen (secondary N) is 2. The third-order valence-corrected chi connectivity index (χ3v) is 5.04. The molecule has 8 heteroatoms. The Morgan fingerprint density at radius 3 is 2.47 bits per heavy atom. The SMILES string of the molecule is Cc1nn(C)c(C)c1NC(=O)CNC(=O)c1ccc(-n2cnc3ccccc32)cc1. The molecule has 2 heterocycles. The van der Waals surface area contributed by atoms with Crippen molar-refractivity contribution in [1.82, 2.24) is 24.6 Å². The summed E-state index contributed by atoms with van der Waals surface area (Å²) < 4.78 is 3.66. The van der Waals surface area contributed by atoms with Gasteiger partial charge < -0.3 is 10.6 Å². The van der Waals surface area contributed by atoms with Crippen LogP contribution in [0.5, 0.6) is 0 Å². The molecular weight excluding hydrogens is 380 g/mol. The van der Waals surface area contributed by atoms with E-state index in [9.17, 15) is 9.59 Å². The minimum atomic E-state index is -0.313. The number of para-hydroxylation sites is 2. The van der Waals surface area contributed by atoms with Gasteiger partial charge in [0, 0.05) is 18.3 Å². The number of carbonyl (C=O) groups excluding carboxylic acids is 2. The van der Waals surface area contributed by atoms with Gasteiger partial charge in [-0.1, -0.05) is 12.1 Å². The van der Waals surface area contributed by atoms with E-state index in [-0.39, 0.29) is 18.4 Å². The van der Waals surface area contributed by atoms with E-state index < -0.39 is 0 Å². The zero-order valence-electron chi connectivity index (χ0n) is 17.0. The van der Waals surface area contributed by atoms with E-state index in [0.717, 1.165) is 28.1 Å². The lowest BCUT2D eigenvalue weighted by molar-refractivity contribution is -0.115. The van der Waals surface area contributed by atoms with Gasteiger partial charge in [0.25, 0.3) is 5.91 Å². The maximum Gasteiger partial charge on any atom is 0.251 e. The van der Waals surface area contributed by atoms with Gasteiger partial charge in [-0.15, -0.1) is 0 Å². The molecule has 0 spiro atoms. The number of benzene rings is 2. The topological polar surface area (TPSA) is 93.8 Å². The molecule has 0 saturated carbocycles. The summed E-state index contributed by atoms with van der Waals surface area (Å²) in [6.45, 7) is 3.58. The first kappa shape index (κ1) is 19.4. The molecule has 2 aromatic carbocycles. The Hall–Kier alpha value is -3.94. The Morgan fingerprint density at radius 1 is 1.03 bits per heavy atom. The quantitative estimate of drug-likeness (QED) is 0.537. The third-order valence-electron chi connectivity index (χ3n) is 5.04. The molecule has 0 aliphatic heterocycles. The molecule has 0 unspecified atom stereocenters. The van der Waals surface area contributed by atoms with Gasteiger partial charge in [-0.2, -0.15) is 5.10 Å². The van der Waals surface area contributed by atoms with Crippen LogP contribution in [0.4, 0.5) is 5.69 Å². The molecule has 4 aromatic rings. The highest BCUT2D eigenvalue weighted by Crippen LogP contribution is 2.19. The van der Waals surface area contributed by atoms with Gasteiger partial charge in [0.15, 0.2) is 0 Å². The highest BCUT2D eigenvalue weighted by atomic mass is 16.2. The molecule has 0 saturated heterocycles. The Kier molecular flexibility index (Phi) is 5.05. The molecule has 2 aromatic heterocycles. The molecule has 0 aliphatic rings. The zero-order chi connectivity index (χ0) is 21.3. The number of rotatable bonds is 5. The average molecular weight is 402 g/mol. The molecule has 2 amide bonds. The fraction of sp³-hybridized carbons (Fsp3) is 0.182. The maximum absolute atomic E-state index is 12.4. The molecule has 0 aliphatic carbocycles. The molecule has 0 fully saturated rings. The number of aryl methyl sites for hydroxylation is 2. The van der Waals surface area contributed by atoms with Crippen LogP contribution in [0.3, 0.4) is 0 Å². The van der Waals surface area contributed by atoms with Crippen LogP contribution in [0.1, 0.15) is 21.7 Å². The summed E-state index contributed by atoms with van der Waals surface area (Å²) in [5.74, 6) is -0.615. The maximum atomic E-state index is 12.4. The number of anilines is 1. The van der Waals surface area contributed by atoms with E-state index in [0.29, 0.717) is 11.3 Å². The lowest BCUT2D eigenvalue weighted by atomic mass is 10.2. The summed E-state index contributed by atoms with van der Waals surface area (Å²) in [5.41, 5.74) is 5.54. The van der Waals surface area contributed by atoms with Crippen LogP contribution < -0.4 is 10.6 Å². The van der Waals surface area contributed by atoms with Crippen LogP contribution in [0.2, 0.25) is 0 Å². The molecule has 2 N–H and O–H groups in total. The summed E-state index contributed by atoms with van der Waals surface area (Å²) in [5, 5.41) is 9.72. The van der Waals surface area contributed by atoms with Crippen LogP contribution in [0, 0.1) is 13.8 Å². The third kappa shape index (κ3) is 3.67. The van der Waals surface area contributed by atoms with Gasteiger partial charge in [-0.25, -0.2) is 4.98 Å². The minimum absolute atomic E-state index is 0.124. The summed E-state index contributed by atoms with van der Waals surface area (Å²) in [7, 11) is 1.82. The van der Waals surface area contributed by atoms with E-state index in [1.54, 1.807) is 23.1 Å². The Balaban J connectivity index is 1.40. The molecule has 0 bridgehead atoms. The van der Waals surface area contributed by atoms with Gasteiger partial charge in [-0.3, -0.25) is 18.8 Å². The van der Waals surface area contributed by atoms with Crippen molar-refractivity contribution in [2.45, 2.75) is 13.8 Å². The summed E-state index contributed by atoms with van der Waals surface area (Å²) >= 11 is 0. The van der Waals surface area contributed by atoms with Crippen LogP contribution in [-0.2, 0) is 11.8 Å². The average Bonchev–Trinajstić information content (AvgIpc) is 3.28. The molecular formula is C22H22N6O2. The van der Waals surface area contributed by atoms with E-state index in [1.165, 1.54) is 0 Å². The first-order valence-corrected chi connectivity index (χ1v) is 9.55. The van der Waals surface area contributed by atoms with E-state index in [2.05, 4.69) is 20.7 Å². The van der Waals surface area contributed by atoms with Gasteiger partial charge in [-0.05, 0) is 50.2 Å². The van der Waals surface area contributed by atoms with Crippen LogP contribution >= 0.6 is 0 Å². The number of hydrogen-bond acceptors (Lipinski definition) is 4. The van der Waals surface area contributed by atoms with E-state index in [1.807, 2.05) is 61.9 Å². The number of imidazole rings is 1. The Morgan fingerprint density at radius 2 is 1.77 bits per heavy atom. The second-order valence-corrected chi connectivity index (χ2v) is 7.05. The predicted octanol–water partition coefficient (Wildman–Crippen LogP) is 2.74. The van der Waals surface area contributed by atoms with Crippen molar-refractivity contribution < 1.29 is 9.59 Å². The molecule has 152 valence electrons. The lowest BCUT2D eigenvalue weighted by Gasteiger charge is -2.09. The van der Waals surface area contributed by atoms with Gasteiger partial charge >= 0.3 is 0 Å². The van der Waals surface area contributed by atoms with Crippen molar-refractivity contribution >= 4 is 28.5 Å². The number of aromatic nitrogens is 4. The Bertz CT molecular complexity index is 1240. The van der Waals surface area contributed by atoms with Crippen molar-refractivity contribution in [3.05, 3.63) is 71.8 Å². The first-order chi connectivity index (χ1) is 14.4. The lowest BCUT2D eigenvalue weighted by Crippen LogP contribution is -2.33. The predicted molar refractivity (Wildman–Crippen MR) is 115 cm³/mol. The minimum Gasteiger partial charge on any atom is -0.343 e. The number of nitrogens with zero attached hydrogens (tertiary/aromatic N) is 4. The number of carbonyl (C=O) groups is 2. The van der Waals surface area contributed by atoms with Crippen LogP contribution in [0.25, 0.3) is 16.7 Å². The monoisotopic (exact) mass is 402 g/mol. The van der Waals surface area contributed by atoms with Gasteiger partial charge in [0.05, 0.1) is 34.7 Å². The highest BCUT2D eigenvalue weighted by molar-refractivity contribution is 5.99. The zero-order valence-corrected chi connectivity index (χ0v) is 17.0. The summed E-state index contributed by atoms with van der Waals surface area (Å²) in [6, 6.07) is 15.0. The van der Waals surface area contributed by atoms with Crippen LogP contribution in [-0.4, -0.2) is 37.7 Å². The smallest absolute Gasteiger partial charge is 0.251 e. The molecule has 8 nitrogen and oxygen atoms in total. The number of hydrogen-bond donors (Lipinski definition) is 2. The molecule has 0 radical (unpaired) electrons. The number of amides is 2. The Labute approximate surface area is 173 Å². The van der Waals surface area contributed by atoms with Crippen molar-refractivity contribution in [2.24, 2.45) is 7.05 Å². The second kappa shape index (κ2) is 7.82. The largest absolute Gasteiger partial charge is 0.343 e. The second-order valence-electron chi connectivity index (χ2n) is 7.05. The fourth-order valence-electron chi connectivity index (χ4n) is 3.34. The molecule has 30 heavy (non-hydrogen) atoms. The van der Waals surface area contributed by atoms with Crippen molar-refractivity contribution in [3.8, 4) is 5.69 Å². The van der Waals surface area contributed by atoms with Gasteiger partial charge in [0.1, 0.15) is 6.33 Å². The normalized spacial score (nSPS) is 10.9. The summed E-state index contributed by atoms with van der Waals surface area (Å²) in [6.07, 6.45) is 1.76. The van der Waals surface area contributed by atoms with E-state index >= 15 is 0 Å². The van der Waals surface area contributed by atoms with E-state index in [4.69, 9.17) is 0 Å². The molecule has 0 atom stereocenters. The summed E-state index contributed by atoms with van der Waals surface area (Å²) in [4.78, 5) is 29.0. The first-order valence-electron chi connectivity index (χ1n) is 9.55. The van der Waals surface area contributed by atoms with Crippen molar-refractivity contribution in [1.29, 1.82) is 0 Å². The highest BCUT2D eigenvalue weighted by Gasteiger charge is 2.14. The van der Waals surface area contributed by atoms with Crippen LogP contribution in [0.15, 0.2) is 54.9 Å². The molecule has 4 rings (SSSR count). The number of fused-ring (bicyclic) bond motifs is 1. The van der Waals surface area contributed by atoms with Gasteiger partial charge in [0.2, 0.25) is 5.91 Å².